The van der Waals surface area contributed by atoms with Gasteiger partial charge in [-0.2, -0.15) is 0 Å². The zero-order chi connectivity index (χ0) is 16.8. The van der Waals surface area contributed by atoms with Crippen LogP contribution in [-0.4, -0.2) is 35.5 Å². The molecule has 0 aliphatic heterocycles. The highest BCUT2D eigenvalue weighted by Crippen LogP contribution is 2.36. The normalized spacial score (nSPS) is 12.3. The molecule has 0 amide bonds. The lowest BCUT2D eigenvalue weighted by atomic mass is 10.1. The largest absolute Gasteiger partial charge is 0.490 e. The van der Waals surface area contributed by atoms with Gasteiger partial charge >= 0.3 is 0 Å². The van der Waals surface area contributed by atoms with Gasteiger partial charge in [-0.25, -0.2) is 0 Å². The minimum atomic E-state index is -0.760. The summed E-state index contributed by atoms with van der Waals surface area (Å²) in [6.07, 6.45) is -0.727. The first-order valence-corrected chi connectivity index (χ1v) is 8.10. The van der Waals surface area contributed by atoms with Gasteiger partial charge in [0.2, 0.25) is 0 Å². The zero-order valence-corrected chi connectivity index (χ0v) is 13.8. The summed E-state index contributed by atoms with van der Waals surface area (Å²) >= 11 is 1.47. The van der Waals surface area contributed by atoms with Crippen molar-refractivity contribution in [2.45, 2.75) is 26.1 Å². The summed E-state index contributed by atoms with van der Waals surface area (Å²) < 4.78 is 11.0. The number of hydrogen-bond acceptors (Lipinski definition) is 6. The first-order valence-electron chi connectivity index (χ1n) is 7.22. The van der Waals surface area contributed by atoms with E-state index in [4.69, 9.17) is 9.47 Å². The Kier molecular flexibility index (Phi) is 6.09. The maximum atomic E-state index is 11.0. The Morgan fingerprint density at radius 3 is 2.70 bits per heavy atom. The number of ether oxygens (including phenoxy) is 2. The molecule has 0 bridgehead atoms. The zero-order valence-electron chi connectivity index (χ0n) is 13.0. The van der Waals surface area contributed by atoms with Crippen LogP contribution in [0.2, 0.25) is 0 Å². The van der Waals surface area contributed by atoms with E-state index < -0.39 is 11.0 Å². The van der Waals surface area contributed by atoms with Crippen molar-refractivity contribution in [3.63, 3.8) is 0 Å². The Bertz CT molecular complexity index is 642. The molecule has 1 heterocycles. The van der Waals surface area contributed by atoms with Crippen LogP contribution in [0, 0.1) is 10.1 Å². The minimum absolute atomic E-state index is 0.00411. The topological polar surface area (TPSA) is 81.8 Å². The summed E-state index contributed by atoms with van der Waals surface area (Å²) in [4.78, 5) is 11.4. The number of aliphatic hydroxyl groups excluding tert-OH is 1. The van der Waals surface area contributed by atoms with E-state index in [0.29, 0.717) is 11.3 Å². The van der Waals surface area contributed by atoms with Crippen molar-refractivity contribution in [3.8, 4) is 16.2 Å². The first-order chi connectivity index (χ1) is 11.0. The second kappa shape index (κ2) is 8.05. The molecule has 0 aliphatic carbocycles. The van der Waals surface area contributed by atoms with Crippen LogP contribution < -0.4 is 4.74 Å². The summed E-state index contributed by atoms with van der Waals surface area (Å²) in [5.41, 5.74) is 0.649. The number of aliphatic hydroxyl groups is 1. The Morgan fingerprint density at radius 1 is 1.30 bits per heavy atom. The van der Waals surface area contributed by atoms with Crippen LogP contribution in [0.4, 0.5) is 5.69 Å². The van der Waals surface area contributed by atoms with Gasteiger partial charge in [-0.3, -0.25) is 10.1 Å². The van der Waals surface area contributed by atoms with Crippen molar-refractivity contribution in [2.75, 3.05) is 13.2 Å². The summed E-state index contributed by atoms with van der Waals surface area (Å²) in [6.45, 7) is 4.01. The molecule has 0 fully saturated rings. The lowest BCUT2D eigenvalue weighted by molar-refractivity contribution is -0.384. The maximum absolute atomic E-state index is 11.0. The van der Waals surface area contributed by atoms with Crippen LogP contribution in [0.5, 0.6) is 5.75 Å². The third-order valence-electron chi connectivity index (χ3n) is 3.01. The van der Waals surface area contributed by atoms with E-state index in [1.807, 2.05) is 31.4 Å². The first kappa shape index (κ1) is 17.4. The fraction of sp³-hybridized carbons (Fsp3) is 0.375. The van der Waals surface area contributed by atoms with E-state index in [9.17, 15) is 15.2 Å². The second-order valence-electron chi connectivity index (χ2n) is 5.26. The Hall–Kier alpha value is -1.96. The highest BCUT2D eigenvalue weighted by molar-refractivity contribution is 7.13. The van der Waals surface area contributed by atoms with Crippen LogP contribution in [0.1, 0.15) is 13.8 Å². The van der Waals surface area contributed by atoms with Gasteiger partial charge in [-0.15, -0.1) is 11.3 Å². The predicted octanol–water partition coefficient (Wildman–Crippen LogP) is 3.49. The molecule has 0 saturated heterocycles. The molecule has 1 atom stereocenters. The highest BCUT2D eigenvalue weighted by Gasteiger charge is 2.15. The van der Waals surface area contributed by atoms with Gasteiger partial charge in [0.1, 0.15) is 18.5 Å². The van der Waals surface area contributed by atoms with Gasteiger partial charge in [-0.1, -0.05) is 6.07 Å². The van der Waals surface area contributed by atoms with Gasteiger partial charge < -0.3 is 14.6 Å². The van der Waals surface area contributed by atoms with E-state index >= 15 is 0 Å². The minimum Gasteiger partial charge on any atom is -0.490 e. The predicted molar refractivity (Wildman–Crippen MR) is 89.0 cm³/mol. The van der Waals surface area contributed by atoms with E-state index in [1.54, 1.807) is 6.07 Å². The van der Waals surface area contributed by atoms with Crippen molar-refractivity contribution in [2.24, 2.45) is 0 Å². The van der Waals surface area contributed by atoms with Crippen LogP contribution in [0.3, 0.4) is 0 Å². The van der Waals surface area contributed by atoms with E-state index in [-0.39, 0.29) is 25.0 Å². The van der Waals surface area contributed by atoms with Crippen LogP contribution in [0.15, 0.2) is 35.7 Å². The molecule has 6 nitrogen and oxygen atoms in total. The smallest absolute Gasteiger partial charge is 0.270 e. The molecule has 0 saturated carbocycles. The van der Waals surface area contributed by atoms with Gasteiger partial charge in [0.05, 0.1) is 17.6 Å². The molecule has 124 valence electrons. The summed E-state index contributed by atoms with van der Waals surface area (Å²) in [6, 6.07) is 8.17. The van der Waals surface area contributed by atoms with Crippen molar-refractivity contribution < 1.29 is 19.5 Å². The molecular weight excluding hydrogens is 318 g/mol. The monoisotopic (exact) mass is 337 g/mol. The van der Waals surface area contributed by atoms with Gasteiger partial charge in [-0.05, 0) is 31.4 Å². The summed E-state index contributed by atoms with van der Waals surface area (Å²) in [5, 5.41) is 22.7. The quantitative estimate of drug-likeness (QED) is 0.589. The molecule has 1 N–H and O–H groups in total. The van der Waals surface area contributed by atoms with Crippen LogP contribution >= 0.6 is 11.3 Å². The molecule has 0 radical (unpaired) electrons. The summed E-state index contributed by atoms with van der Waals surface area (Å²) in [5.74, 6) is 0.502. The third-order valence-corrected chi connectivity index (χ3v) is 3.92. The highest BCUT2D eigenvalue weighted by atomic mass is 32.1. The van der Waals surface area contributed by atoms with Gasteiger partial charge in [0, 0.05) is 22.6 Å². The van der Waals surface area contributed by atoms with Crippen molar-refractivity contribution in [1.82, 2.24) is 0 Å². The Morgan fingerprint density at radius 2 is 2.09 bits per heavy atom. The van der Waals surface area contributed by atoms with E-state index in [2.05, 4.69) is 0 Å². The Balaban J connectivity index is 2.13. The number of non-ortho nitro benzene ring substituents is 1. The van der Waals surface area contributed by atoms with Crippen LogP contribution in [-0.2, 0) is 4.74 Å². The molecule has 23 heavy (non-hydrogen) atoms. The van der Waals surface area contributed by atoms with Gasteiger partial charge in [0.15, 0.2) is 0 Å². The fourth-order valence-corrected chi connectivity index (χ4v) is 2.67. The number of nitro groups is 1. The molecule has 0 aliphatic rings. The standard InChI is InChI=1S/C16H19NO5S/c1-11(2)21-9-13(18)10-22-15-6-5-12(17(19)20)8-14(15)16-4-3-7-23-16/h3-8,11,13,18H,9-10H2,1-2H3. The van der Waals surface area contributed by atoms with Gasteiger partial charge in [0.25, 0.3) is 5.69 Å². The molecule has 0 spiro atoms. The number of hydrogen-bond donors (Lipinski definition) is 1. The van der Waals surface area contributed by atoms with Crippen molar-refractivity contribution >= 4 is 17.0 Å². The molecule has 2 rings (SSSR count). The average molecular weight is 337 g/mol. The van der Waals surface area contributed by atoms with E-state index in [0.717, 1.165) is 4.88 Å². The number of rotatable bonds is 8. The third kappa shape index (κ3) is 5.02. The fourth-order valence-electron chi connectivity index (χ4n) is 1.92. The number of thiophene rings is 1. The van der Waals surface area contributed by atoms with Crippen molar-refractivity contribution in [3.05, 3.63) is 45.8 Å². The van der Waals surface area contributed by atoms with E-state index in [1.165, 1.54) is 23.5 Å². The molecule has 1 aromatic carbocycles. The molecular formula is C16H19NO5S. The number of nitro benzene ring substituents is 1. The molecule has 2 aromatic rings. The summed E-state index contributed by atoms with van der Waals surface area (Å²) in [7, 11) is 0. The average Bonchev–Trinajstić information content (AvgIpc) is 3.04. The number of nitrogens with zero attached hydrogens (tertiary/aromatic N) is 1. The molecule has 7 heteroatoms. The Labute approximate surface area is 138 Å². The second-order valence-corrected chi connectivity index (χ2v) is 6.21. The van der Waals surface area contributed by atoms with Crippen molar-refractivity contribution in [1.29, 1.82) is 0 Å². The molecule has 1 aromatic heterocycles. The maximum Gasteiger partial charge on any atom is 0.270 e. The lowest BCUT2D eigenvalue weighted by Gasteiger charge is -2.16. The molecule has 1 unspecified atom stereocenters. The number of benzene rings is 1. The van der Waals surface area contributed by atoms with Crippen LogP contribution in [0.25, 0.3) is 10.4 Å². The lowest BCUT2D eigenvalue weighted by Crippen LogP contribution is -2.25. The SMILES string of the molecule is CC(C)OCC(O)COc1ccc([N+](=O)[O-])cc1-c1cccs1.